The van der Waals surface area contributed by atoms with Gasteiger partial charge < -0.3 is 15.0 Å². The second kappa shape index (κ2) is 7.44. The lowest BCUT2D eigenvalue weighted by molar-refractivity contribution is -0.137. The largest absolute Gasteiger partial charge is 0.416 e. The number of anilines is 1. The van der Waals surface area contributed by atoms with Crippen molar-refractivity contribution in [2.24, 2.45) is 5.92 Å². The monoisotopic (exact) mass is 352 g/mol. The molecule has 25 heavy (non-hydrogen) atoms. The smallest absolute Gasteiger partial charge is 0.358 e. The maximum atomic E-state index is 12.9. The van der Waals surface area contributed by atoms with E-state index in [1.165, 1.54) is 6.07 Å². The van der Waals surface area contributed by atoms with Crippen molar-refractivity contribution in [3.63, 3.8) is 0 Å². The van der Waals surface area contributed by atoms with Crippen molar-refractivity contribution in [1.29, 1.82) is 0 Å². The van der Waals surface area contributed by atoms with Gasteiger partial charge in [-0.25, -0.2) is 0 Å². The molecule has 0 aliphatic carbocycles. The van der Waals surface area contributed by atoms with E-state index in [9.17, 15) is 18.0 Å². The fraction of sp³-hybridized carbons (Fsp3) is 0.421. The molecule has 0 radical (unpaired) electrons. The summed E-state index contributed by atoms with van der Waals surface area (Å²) >= 11 is 0. The molecular formula is C19H23F3N2O. The van der Waals surface area contributed by atoms with Crippen molar-refractivity contribution < 1.29 is 18.0 Å². The molecule has 0 bridgehead atoms. The molecule has 3 nitrogen and oxygen atoms in total. The number of hydrogen-bond donors (Lipinski definition) is 1. The molecule has 0 saturated heterocycles. The number of hydrogen-bond acceptors (Lipinski definition) is 3. The maximum absolute atomic E-state index is 12.9. The van der Waals surface area contributed by atoms with E-state index in [1.807, 2.05) is 20.8 Å². The van der Waals surface area contributed by atoms with Crippen molar-refractivity contribution in [2.45, 2.75) is 33.0 Å². The summed E-state index contributed by atoms with van der Waals surface area (Å²) in [5, 5.41) is 3.12. The van der Waals surface area contributed by atoms with Gasteiger partial charge in [0.25, 0.3) is 0 Å². The van der Waals surface area contributed by atoms with Crippen LogP contribution in [0.4, 0.5) is 18.9 Å². The van der Waals surface area contributed by atoms with E-state index in [2.05, 4.69) is 16.8 Å². The van der Waals surface area contributed by atoms with Crippen LogP contribution in [0.15, 0.2) is 36.6 Å². The highest BCUT2D eigenvalue weighted by Gasteiger charge is 2.33. The summed E-state index contributed by atoms with van der Waals surface area (Å²) < 4.78 is 38.7. The Morgan fingerprint density at radius 1 is 1.28 bits per heavy atom. The van der Waals surface area contributed by atoms with Gasteiger partial charge in [0.1, 0.15) is 6.29 Å². The van der Waals surface area contributed by atoms with Gasteiger partial charge in [0.05, 0.1) is 11.5 Å². The van der Waals surface area contributed by atoms with E-state index >= 15 is 0 Å². The minimum atomic E-state index is -4.40. The maximum Gasteiger partial charge on any atom is 0.416 e. The van der Waals surface area contributed by atoms with Crippen molar-refractivity contribution >= 4 is 17.5 Å². The van der Waals surface area contributed by atoms with Crippen LogP contribution in [0.2, 0.25) is 0 Å². The molecule has 1 aromatic rings. The number of fused-ring (bicyclic) bond motifs is 1. The number of carbonyl (C=O) groups is 1. The highest BCUT2D eigenvalue weighted by atomic mass is 19.4. The van der Waals surface area contributed by atoms with Gasteiger partial charge in [-0.15, -0.1) is 0 Å². The Bertz CT molecular complexity index is 690. The lowest BCUT2D eigenvalue weighted by Gasteiger charge is -2.34. The zero-order valence-electron chi connectivity index (χ0n) is 14.7. The van der Waals surface area contributed by atoms with Crippen molar-refractivity contribution in [1.82, 2.24) is 4.90 Å². The molecule has 1 aliphatic rings. The highest BCUT2D eigenvalue weighted by molar-refractivity contribution is 5.87. The van der Waals surface area contributed by atoms with Gasteiger partial charge in [0.2, 0.25) is 0 Å². The molecule has 0 aromatic heterocycles. The Labute approximate surface area is 146 Å². The quantitative estimate of drug-likeness (QED) is 0.761. The van der Waals surface area contributed by atoms with E-state index in [0.29, 0.717) is 22.5 Å². The van der Waals surface area contributed by atoms with Crippen LogP contribution in [0.5, 0.6) is 0 Å². The van der Waals surface area contributed by atoms with Crippen LogP contribution >= 0.6 is 0 Å². The second-order valence-electron chi connectivity index (χ2n) is 6.13. The summed E-state index contributed by atoms with van der Waals surface area (Å²) in [4.78, 5) is 13.9. The summed E-state index contributed by atoms with van der Waals surface area (Å²) in [7, 11) is 0. The molecule has 0 fully saturated rings. The summed E-state index contributed by atoms with van der Waals surface area (Å²) in [5.41, 5.74) is 1.35. The molecule has 0 saturated carbocycles. The highest BCUT2D eigenvalue weighted by Crippen LogP contribution is 2.38. The van der Waals surface area contributed by atoms with E-state index < -0.39 is 17.7 Å². The number of benzene rings is 1. The standard InChI is InChI=1S/C19H23F3N2O/c1-5-24(6-2)13(4)16(11-25)18-9-12(3)15-10-14(19(20,21)22)7-8-17(15)23-18/h7-11,13,16,23H,3,5-6H2,1-2,4H3. The average Bonchev–Trinajstić information content (AvgIpc) is 2.55. The Morgan fingerprint density at radius 3 is 2.44 bits per heavy atom. The van der Waals surface area contributed by atoms with Gasteiger partial charge in [-0.2, -0.15) is 13.2 Å². The molecule has 1 aliphatic heterocycles. The molecule has 0 spiro atoms. The van der Waals surface area contributed by atoms with Crippen LogP contribution in [-0.4, -0.2) is 30.3 Å². The molecule has 2 atom stereocenters. The molecule has 2 unspecified atom stereocenters. The number of alkyl halides is 3. The van der Waals surface area contributed by atoms with E-state index in [0.717, 1.165) is 31.5 Å². The number of rotatable bonds is 6. The van der Waals surface area contributed by atoms with Crippen molar-refractivity contribution in [3.05, 3.63) is 47.7 Å². The van der Waals surface area contributed by atoms with Crippen LogP contribution in [0, 0.1) is 5.92 Å². The normalized spacial score (nSPS) is 16.8. The molecule has 0 amide bonds. The molecule has 1 aromatic carbocycles. The number of halogens is 3. The minimum absolute atomic E-state index is 0.0324. The van der Waals surface area contributed by atoms with Gasteiger partial charge in [0.15, 0.2) is 0 Å². The molecule has 2 rings (SSSR count). The average molecular weight is 352 g/mol. The first-order chi connectivity index (χ1) is 11.7. The van der Waals surface area contributed by atoms with Gasteiger partial charge >= 0.3 is 6.18 Å². The molecule has 6 heteroatoms. The molecule has 136 valence electrons. The zero-order valence-corrected chi connectivity index (χ0v) is 14.7. The Morgan fingerprint density at radius 2 is 1.92 bits per heavy atom. The van der Waals surface area contributed by atoms with Gasteiger partial charge in [-0.3, -0.25) is 0 Å². The third kappa shape index (κ3) is 3.95. The predicted octanol–water partition coefficient (Wildman–Crippen LogP) is 4.57. The molecular weight excluding hydrogens is 329 g/mol. The van der Waals surface area contributed by atoms with E-state index in [4.69, 9.17) is 0 Å². The van der Waals surface area contributed by atoms with Crippen molar-refractivity contribution in [2.75, 3.05) is 18.4 Å². The number of aldehydes is 1. The minimum Gasteiger partial charge on any atom is -0.358 e. The van der Waals surface area contributed by atoms with Crippen LogP contribution < -0.4 is 5.32 Å². The Kier molecular flexibility index (Phi) is 5.72. The van der Waals surface area contributed by atoms with Crippen molar-refractivity contribution in [3.8, 4) is 0 Å². The fourth-order valence-corrected chi connectivity index (χ4v) is 3.21. The fourth-order valence-electron chi connectivity index (χ4n) is 3.21. The Balaban J connectivity index is 2.34. The summed E-state index contributed by atoms with van der Waals surface area (Å²) in [5.74, 6) is -0.410. The number of nitrogens with zero attached hydrogens (tertiary/aromatic N) is 1. The predicted molar refractivity (Wildman–Crippen MR) is 94.1 cm³/mol. The third-order valence-electron chi connectivity index (χ3n) is 4.72. The van der Waals surface area contributed by atoms with E-state index in [1.54, 1.807) is 6.08 Å². The zero-order chi connectivity index (χ0) is 18.8. The summed E-state index contributed by atoms with van der Waals surface area (Å²) in [6.07, 6.45) is -1.85. The van der Waals surface area contributed by atoms with Crippen LogP contribution in [-0.2, 0) is 11.0 Å². The first-order valence-corrected chi connectivity index (χ1v) is 8.31. The van der Waals surface area contributed by atoms with Gasteiger partial charge in [0, 0.05) is 23.0 Å². The summed E-state index contributed by atoms with van der Waals surface area (Å²) in [6, 6.07) is 3.48. The molecule has 1 heterocycles. The van der Waals surface area contributed by atoms with Gasteiger partial charge in [-0.05, 0) is 49.9 Å². The number of nitrogens with one attached hydrogen (secondary N) is 1. The number of carbonyl (C=O) groups excluding carboxylic acids is 1. The van der Waals surface area contributed by atoms with Crippen LogP contribution in [0.1, 0.15) is 31.9 Å². The van der Waals surface area contributed by atoms with Crippen LogP contribution in [0.25, 0.3) is 5.57 Å². The van der Waals surface area contributed by atoms with Crippen LogP contribution in [0.3, 0.4) is 0 Å². The van der Waals surface area contributed by atoms with E-state index in [-0.39, 0.29) is 6.04 Å². The first kappa shape index (κ1) is 19.2. The third-order valence-corrected chi connectivity index (χ3v) is 4.72. The molecule has 1 N–H and O–H groups in total. The SMILES string of the molecule is C=C1C=C(C(C=O)C(C)N(CC)CC)Nc2ccc(C(F)(F)F)cc21. The topological polar surface area (TPSA) is 32.3 Å². The lowest BCUT2D eigenvalue weighted by Crippen LogP contribution is -2.41. The second-order valence-corrected chi connectivity index (χ2v) is 6.13. The number of allylic oxidation sites excluding steroid dienone is 2. The summed E-state index contributed by atoms with van der Waals surface area (Å²) in [6.45, 7) is 11.5. The Hall–Kier alpha value is -2.08. The first-order valence-electron chi connectivity index (χ1n) is 8.31. The lowest BCUT2D eigenvalue weighted by atomic mass is 9.90. The van der Waals surface area contributed by atoms with Gasteiger partial charge in [-0.1, -0.05) is 20.4 Å².